The monoisotopic (exact) mass is 357 g/mol. The lowest BCUT2D eigenvalue weighted by Gasteiger charge is -2.28. The third-order valence-electron chi connectivity index (χ3n) is 4.38. The van der Waals surface area contributed by atoms with E-state index in [-0.39, 0.29) is 5.91 Å². The van der Waals surface area contributed by atoms with Crippen LogP contribution in [0, 0.1) is 0 Å². The summed E-state index contributed by atoms with van der Waals surface area (Å²) in [7, 11) is 0. The molecule has 6 nitrogen and oxygen atoms in total. The summed E-state index contributed by atoms with van der Waals surface area (Å²) in [4.78, 5) is 19.7. The number of carbonyl (C=O) groups excluding carboxylic acids is 1. The van der Waals surface area contributed by atoms with Gasteiger partial charge in [0.05, 0.1) is 24.3 Å². The number of nitrogens with one attached hydrogen (secondary N) is 1. The first-order valence-corrected chi connectivity index (χ1v) is 9.38. The average molecular weight is 357 g/mol. The molecule has 6 heteroatoms. The van der Waals surface area contributed by atoms with Gasteiger partial charge in [0, 0.05) is 38.2 Å². The van der Waals surface area contributed by atoms with Gasteiger partial charge in [-0.25, -0.2) is 4.98 Å². The first-order valence-electron chi connectivity index (χ1n) is 9.38. The predicted molar refractivity (Wildman–Crippen MR) is 103 cm³/mol. The van der Waals surface area contributed by atoms with Crippen LogP contribution in [0.25, 0.3) is 10.9 Å². The van der Waals surface area contributed by atoms with Crippen molar-refractivity contribution in [3.63, 3.8) is 0 Å². The number of para-hydroxylation sites is 1. The van der Waals surface area contributed by atoms with Crippen molar-refractivity contribution in [2.45, 2.75) is 19.8 Å². The van der Waals surface area contributed by atoms with Crippen molar-refractivity contribution >= 4 is 22.6 Å². The summed E-state index contributed by atoms with van der Waals surface area (Å²) < 4.78 is 10.9. The lowest BCUT2D eigenvalue weighted by Crippen LogP contribution is -2.37. The van der Waals surface area contributed by atoms with Crippen LogP contribution >= 0.6 is 0 Å². The Labute approximate surface area is 154 Å². The van der Waals surface area contributed by atoms with E-state index >= 15 is 0 Å². The predicted octanol–water partition coefficient (Wildman–Crippen LogP) is 2.62. The van der Waals surface area contributed by atoms with E-state index < -0.39 is 0 Å². The third kappa shape index (κ3) is 4.71. The molecule has 0 saturated carbocycles. The van der Waals surface area contributed by atoms with Crippen LogP contribution in [0.4, 0.5) is 5.82 Å². The summed E-state index contributed by atoms with van der Waals surface area (Å²) in [6.45, 7) is 7.09. The molecular formula is C20H27N3O3. The van der Waals surface area contributed by atoms with E-state index in [9.17, 15) is 4.79 Å². The van der Waals surface area contributed by atoms with Crippen LogP contribution in [0.2, 0.25) is 0 Å². The highest BCUT2D eigenvalue weighted by Gasteiger charge is 2.17. The van der Waals surface area contributed by atoms with Crippen LogP contribution in [0.15, 0.2) is 30.3 Å². The molecule has 0 spiro atoms. The minimum absolute atomic E-state index is 0.0615. The van der Waals surface area contributed by atoms with Gasteiger partial charge >= 0.3 is 0 Å². The Morgan fingerprint density at radius 3 is 2.88 bits per heavy atom. The molecule has 2 aromatic rings. The Morgan fingerprint density at radius 2 is 2.08 bits per heavy atom. The molecule has 1 fully saturated rings. The van der Waals surface area contributed by atoms with E-state index in [2.05, 4.69) is 17.1 Å². The minimum atomic E-state index is -0.0615. The zero-order valence-corrected chi connectivity index (χ0v) is 15.4. The number of hydrogen-bond acceptors (Lipinski definition) is 5. The van der Waals surface area contributed by atoms with Gasteiger partial charge in [0.1, 0.15) is 5.82 Å². The number of nitrogens with zero attached hydrogens (tertiary/aromatic N) is 2. The molecule has 3 rings (SSSR count). The molecular weight excluding hydrogens is 330 g/mol. The van der Waals surface area contributed by atoms with E-state index in [1.54, 1.807) is 0 Å². The fraction of sp³-hybridized carbons (Fsp3) is 0.500. The molecule has 1 aliphatic heterocycles. The number of pyridine rings is 1. The van der Waals surface area contributed by atoms with Crippen LogP contribution in [-0.4, -0.2) is 57.0 Å². The Hall–Kier alpha value is -2.18. The zero-order chi connectivity index (χ0) is 18.2. The van der Waals surface area contributed by atoms with Gasteiger partial charge in [-0.1, -0.05) is 25.1 Å². The smallest absolute Gasteiger partial charge is 0.252 e. The van der Waals surface area contributed by atoms with E-state index in [4.69, 9.17) is 14.5 Å². The fourth-order valence-corrected chi connectivity index (χ4v) is 3.02. The zero-order valence-electron chi connectivity index (χ0n) is 15.4. The molecule has 1 aliphatic rings. The molecule has 0 atom stereocenters. The van der Waals surface area contributed by atoms with Crippen molar-refractivity contribution in [3.8, 4) is 0 Å². The first kappa shape index (κ1) is 18.6. The molecule has 1 saturated heterocycles. The van der Waals surface area contributed by atoms with Gasteiger partial charge in [0.2, 0.25) is 0 Å². The molecule has 0 radical (unpaired) electrons. The largest absolute Gasteiger partial charge is 0.381 e. The number of anilines is 1. The Kier molecular flexibility index (Phi) is 6.80. The van der Waals surface area contributed by atoms with Crippen LogP contribution in [-0.2, 0) is 9.47 Å². The van der Waals surface area contributed by atoms with E-state index in [1.165, 1.54) is 0 Å². The number of amides is 1. The SMILES string of the molecule is CCCOCCCNC(=O)c1cc(N2CCOCC2)nc2ccccc12. The van der Waals surface area contributed by atoms with Crippen molar-refractivity contribution in [1.82, 2.24) is 10.3 Å². The number of ether oxygens (including phenoxy) is 2. The van der Waals surface area contributed by atoms with E-state index in [0.717, 1.165) is 49.3 Å². The second-order valence-electron chi connectivity index (χ2n) is 6.37. The Bertz CT molecular complexity index is 729. The fourth-order valence-electron chi connectivity index (χ4n) is 3.02. The number of aromatic nitrogens is 1. The summed E-state index contributed by atoms with van der Waals surface area (Å²) in [5, 5.41) is 3.89. The highest BCUT2D eigenvalue weighted by molar-refractivity contribution is 6.07. The molecule has 26 heavy (non-hydrogen) atoms. The van der Waals surface area contributed by atoms with Gasteiger partial charge < -0.3 is 19.7 Å². The normalized spacial score (nSPS) is 14.6. The molecule has 0 aliphatic carbocycles. The highest BCUT2D eigenvalue weighted by atomic mass is 16.5. The summed E-state index contributed by atoms with van der Waals surface area (Å²) >= 11 is 0. The van der Waals surface area contributed by atoms with Crippen LogP contribution in [0.3, 0.4) is 0 Å². The summed E-state index contributed by atoms with van der Waals surface area (Å²) in [6.07, 6.45) is 1.82. The maximum atomic E-state index is 12.8. The number of benzene rings is 1. The second-order valence-corrected chi connectivity index (χ2v) is 6.37. The summed E-state index contributed by atoms with van der Waals surface area (Å²) in [5.41, 5.74) is 1.51. The molecule has 1 aromatic carbocycles. The average Bonchev–Trinajstić information content (AvgIpc) is 2.70. The summed E-state index contributed by atoms with van der Waals surface area (Å²) in [5.74, 6) is 0.775. The van der Waals surface area contributed by atoms with Crippen molar-refractivity contribution in [1.29, 1.82) is 0 Å². The topological polar surface area (TPSA) is 63.7 Å². The molecule has 1 N–H and O–H groups in total. The van der Waals surface area contributed by atoms with Gasteiger partial charge in [-0.15, -0.1) is 0 Å². The van der Waals surface area contributed by atoms with Crippen LogP contribution in [0.1, 0.15) is 30.1 Å². The number of rotatable bonds is 8. The van der Waals surface area contributed by atoms with Gasteiger partial charge in [-0.3, -0.25) is 4.79 Å². The minimum Gasteiger partial charge on any atom is -0.381 e. The maximum Gasteiger partial charge on any atom is 0.252 e. The number of carbonyl (C=O) groups is 1. The molecule has 2 heterocycles. The molecule has 1 aromatic heterocycles. The van der Waals surface area contributed by atoms with Crippen molar-refractivity contribution in [2.75, 3.05) is 51.0 Å². The van der Waals surface area contributed by atoms with Crippen LogP contribution in [0.5, 0.6) is 0 Å². The van der Waals surface area contributed by atoms with Crippen molar-refractivity contribution in [3.05, 3.63) is 35.9 Å². The van der Waals surface area contributed by atoms with E-state index in [1.807, 2.05) is 30.3 Å². The van der Waals surface area contributed by atoms with Crippen molar-refractivity contribution in [2.24, 2.45) is 0 Å². The van der Waals surface area contributed by atoms with Gasteiger partial charge in [-0.2, -0.15) is 0 Å². The first-order chi connectivity index (χ1) is 12.8. The molecule has 0 unspecified atom stereocenters. The maximum absolute atomic E-state index is 12.8. The third-order valence-corrected chi connectivity index (χ3v) is 4.38. The quantitative estimate of drug-likeness (QED) is 0.736. The Balaban J connectivity index is 1.74. The van der Waals surface area contributed by atoms with Crippen molar-refractivity contribution < 1.29 is 14.3 Å². The lowest BCUT2D eigenvalue weighted by atomic mass is 10.1. The lowest BCUT2D eigenvalue weighted by molar-refractivity contribution is 0.0943. The summed E-state index contributed by atoms with van der Waals surface area (Å²) in [6, 6.07) is 9.69. The number of morpholine rings is 1. The Morgan fingerprint density at radius 1 is 1.27 bits per heavy atom. The number of fused-ring (bicyclic) bond motifs is 1. The second kappa shape index (κ2) is 9.50. The van der Waals surface area contributed by atoms with Gasteiger partial charge in [0.15, 0.2) is 0 Å². The molecule has 1 amide bonds. The number of hydrogen-bond donors (Lipinski definition) is 1. The standard InChI is InChI=1S/C20H27N3O3/c1-2-11-25-12-5-8-21-20(24)17-15-19(23-9-13-26-14-10-23)22-18-7-4-3-6-16(17)18/h3-4,6-7,15H,2,5,8-14H2,1H3,(H,21,24). The van der Waals surface area contributed by atoms with Crippen LogP contribution < -0.4 is 10.2 Å². The van der Waals surface area contributed by atoms with Gasteiger partial charge in [-0.05, 0) is 25.0 Å². The molecule has 0 bridgehead atoms. The molecule has 140 valence electrons. The van der Waals surface area contributed by atoms with Gasteiger partial charge in [0.25, 0.3) is 5.91 Å². The van der Waals surface area contributed by atoms with E-state index in [0.29, 0.717) is 31.9 Å². The highest BCUT2D eigenvalue weighted by Crippen LogP contribution is 2.23.